The highest BCUT2D eigenvalue weighted by atomic mass is 35.5. The number of phenols is 1. The third-order valence-corrected chi connectivity index (χ3v) is 14.2. The molecule has 2 aliphatic heterocycles. The Morgan fingerprint density at radius 3 is 2.23 bits per heavy atom. The van der Waals surface area contributed by atoms with Gasteiger partial charge in [-0.3, -0.25) is 28.8 Å². The molecule has 5 aromatic rings. The molecule has 286 valence electrons. The highest BCUT2D eigenvalue weighted by molar-refractivity contribution is 7.22. The van der Waals surface area contributed by atoms with Crippen molar-refractivity contribution in [1.82, 2.24) is 9.78 Å². The summed E-state index contributed by atoms with van der Waals surface area (Å²) in [7, 11) is 4.62. The average molecular weight is 812 g/mol. The van der Waals surface area contributed by atoms with Crippen LogP contribution >= 0.6 is 34.5 Å². The number of aromatic hydroxyl groups is 1. The van der Waals surface area contributed by atoms with Crippen molar-refractivity contribution < 1.29 is 33.8 Å². The van der Waals surface area contributed by atoms with Gasteiger partial charge in [0.15, 0.2) is 0 Å². The Balaban J connectivity index is 1.19. The van der Waals surface area contributed by atoms with Crippen molar-refractivity contribution in [2.75, 3.05) is 24.0 Å². The topological polar surface area (TPSA) is 131 Å². The largest absolute Gasteiger partial charge is 0.508 e. The number of ether oxygens (including phenoxy) is 2. The number of imide groups is 2. The summed E-state index contributed by atoms with van der Waals surface area (Å²) in [5.74, 6) is -4.63. The molecule has 3 aromatic carbocycles. The highest BCUT2D eigenvalue weighted by Crippen LogP contribution is 2.66. The lowest BCUT2D eigenvalue weighted by atomic mass is 9.51. The van der Waals surface area contributed by atoms with Crippen LogP contribution < -0.4 is 19.3 Å². The number of methoxy groups -OCH3 is 2. The van der Waals surface area contributed by atoms with E-state index in [0.717, 1.165) is 26.1 Å². The molecular formula is C42H36Cl2N4O7S. The fourth-order valence-corrected chi connectivity index (χ4v) is 11.3. The molecule has 0 spiro atoms. The molecule has 1 saturated carbocycles. The smallest absolute Gasteiger partial charge is 0.242 e. The van der Waals surface area contributed by atoms with Gasteiger partial charge in [-0.1, -0.05) is 34.9 Å². The van der Waals surface area contributed by atoms with Crippen LogP contribution in [0.3, 0.4) is 0 Å². The van der Waals surface area contributed by atoms with Crippen LogP contribution in [0.25, 0.3) is 20.7 Å². The van der Waals surface area contributed by atoms with Gasteiger partial charge in [0, 0.05) is 51.5 Å². The summed E-state index contributed by atoms with van der Waals surface area (Å²) in [6, 6.07) is 16.9. The van der Waals surface area contributed by atoms with E-state index in [9.17, 15) is 14.7 Å². The standard InChI is InChI=1S/C42H36Cl2N4O7S/c1-19-26-14-21(44)8-13-32(26)56-37(19)29-18-33(46(3)45-29)48-39(51)28-17-27-24(11-12-25-34(27)40(52)47(38(25)50)22-9-6-20(43)7-10-22)36(42(28,2)41(48)53)35-30(54-4)15-23(49)16-31(35)55-5/h6-11,13-16,18,25,27-28,34,36,49H,12,17H2,1-5H3. The predicted molar refractivity (Wildman–Crippen MR) is 214 cm³/mol. The van der Waals surface area contributed by atoms with Crippen LogP contribution in [-0.2, 0) is 26.2 Å². The first-order valence-corrected chi connectivity index (χ1v) is 19.7. The van der Waals surface area contributed by atoms with E-state index in [-0.39, 0.29) is 41.9 Å². The van der Waals surface area contributed by atoms with E-state index in [2.05, 4.69) is 0 Å². The third-order valence-electron chi connectivity index (χ3n) is 12.4. The summed E-state index contributed by atoms with van der Waals surface area (Å²) < 4.78 is 14.3. The van der Waals surface area contributed by atoms with Gasteiger partial charge in [-0.05, 0) is 86.0 Å². The minimum atomic E-state index is -1.40. The van der Waals surface area contributed by atoms with Gasteiger partial charge in [-0.15, -0.1) is 11.3 Å². The second-order valence-electron chi connectivity index (χ2n) is 15.1. The fourth-order valence-electron chi connectivity index (χ4n) is 9.81. The van der Waals surface area contributed by atoms with Gasteiger partial charge in [-0.2, -0.15) is 5.10 Å². The van der Waals surface area contributed by atoms with Crippen LogP contribution in [-0.4, -0.2) is 52.7 Å². The number of phenolic OH excluding ortho intramolecular Hbond substituents is 1. The van der Waals surface area contributed by atoms with Gasteiger partial charge in [0.1, 0.15) is 28.8 Å². The lowest BCUT2D eigenvalue weighted by Crippen LogP contribution is -2.49. The van der Waals surface area contributed by atoms with Gasteiger partial charge < -0.3 is 14.6 Å². The summed E-state index contributed by atoms with van der Waals surface area (Å²) in [4.78, 5) is 62.2. The summed E-state index contributed by atoms with van der Waals surface area (Å²) in [6.45, 7) is 3.78. The number of halogens is 2. The number of rotatable bonds is 6. The summed E-state index contributed by atoms with van der Waals surface area (Å²) in [5, 5.41) is 17.6. The minimum absolute atomic E-state index is 0.110. The molecule has 0 bridgehead atoms. The van der Waals surface area contributed by atoms with Crippen LogP contribution in [0.2, 0.25) is 10.0 Å². The molecule has 4 aliphatic rings. The fraction of sp³-hybridized carbons (Fsp3) is 0.310. The molecule has 14 heteroatoms. The number of carbonyl (C=O) groups excluding carboxylic acids is 4. The molecular weight excluding hydrogens is 775 g/mol. The Morgan fingerprint density at radius 1 is 0.875 bits per heavy atom. The number of thiophene rings is 1. The quantitative estimate of drug-likeness (QED) is 0.135. The van der Waals surface area contributed by atoms with Crippen molar-refractivity contribution in [3.8, 4) is 27.8 Å². The predicted octanol–water partition coefficient (Wildman–Crippen LogP) is 8.08. The van der Waals surface area contributed by atoms with Gasteiger partial charge in [0.05, 0.1) is 48.0 Å². The van der Waals surface area contributed by atoms with Crippen molar-refractivity contribution in [2.45, 2.75) is 32.6 Å². The number of fused-ring (bicyclic) bond motifs is 5. The molecule has 3 fully saturated rings. The van der Waals surface area contributed by atoms with E-state index >= 15 is 9.59 Å². The molecule has 6 atom stereocenters. The zero-order valence-electron chi connectivity index (χ0n) is 31.0. The molecule has 1 N–H and O–H groups in total. The second kappa shape index (κ2) is 12.9. The Kier molecular flexibility index (Phi) is 8.43. The Labute approximate surface area is 336 Å². The monoisotopic (exact) mass is 810 g/mol. The summed E-state index contributed by atoms with van der Waals surface area (Å²) in [5.41, 5.74) is 1.82. The molecule has 2 saturated heterocycles. The van der Waals surface area contributed by atoms with Crippen molar-refractivity contribution in [1.29, 1.82) is 0 Å². The molecule has 0 radical (unpaired) electrons. The second-order valence-corrected chi connectivity index (χ2v) is 17.0. The van der Waals surface area contributed by atoms with Crippen molar-refractivity contribution in [3.63, 3.8) is 0 Å². The van der Waals surface area contributed by atoms with Gasteiger partial charge in [0.2, 0.25) is 23.6 Å². The van der Waals surface area contributed by atoms with E-state index in [4.69, 9.17) is 37.8 Å². The van der Waals surface area contributed by atoms with E-state index in [1.807, 2.05) is 31.2 Å². The van der Waals surface area contributed by atoms with Crippen LogP contribution in [0.1, 0.15) is 36.8 Å². The maximum atomic E-state index is 15.3. The van der Waals surface area contributed by atoms with Gasteiger partial charge >= 0.3 is 0 Å². The van der Waals surface area contributed by atoms with Crippen molar-refractivity contribution in [3.05, 3.63) is 93.5 Å². The van der Waals surface area contributed by atoms with E-state index in [1.165, 1.54) is 36.2 Å². The normalized spacial score (nSPS) is 25.8. The maximum absolute atomic E-state index is 15.3. The lowest BCUT2D eigenvalue weighted by Gasteiger charge is -2.49. The maximum Gasteiger partial charge on any atom is 0.242 e. The SMILES string of the molecule is COc1cc(O)cc(OC)c1C1C2=CCC3C(=O)N(c4ccc(Cl)cc4)C(=O)C3C2CC2C(=O)N(c3cc(-c4sc5ccc(Cl)cc5c4C)nn3C)C(=O)C21C. The van der Waals surface area contributed by atoms with Crippen LogP contribution in [0, 0.1) is 36.0 Å². The first-order chi connectivity index (χ1) is 26.8. The van der Waals surface area contributed by atoms with Crippen molar-refractivity contribution >= 4 is 79.8 Å². The molecule has 2 aromatic heterocycles. The van der Waals surface area contributed by atoms with E-state index in [0.29, 0.717) is 32.8 Å². The number of hydrogen-bond donors (Lipinski definition) is 1. The number of amides is 4. The number of benzene rings is 3. The molecule has 4 amide bonds. The Hall–Kier alpha value is -5.17. The molecule has 6 unspecified atom stereocenters. The third kappa shape index (κ3) is 5.04. The number of anilines is 2. The Bertz CT molecular complexity index is 2560. The summed E-state index contributed by atoms with van der Waals surface area (Å²) >= 11 is 14.0. The average Bonchev–Trinajstić information content (AvgIpc) is 3.85. The van der Waals surface area contributed by atoms with Crippen molar-refractivity contribution in [2.24, 2.45) is 36.1 Å². The molecule has 9 rings (SSSR count). The molecule has 4 heterocycles. The van der Waals surface area contributed by atoms with Crippen LogP contribution in [0.5, 0.6) is 17.2 Å². The number of aromatic nitrogens is 2. The number of allylic oxidation sites excluding steroid dienone is 2. The zero-order chi connectivity index (χ0) is 39.5. The zero-order valence-corrected chi connectivity index (χ0v) is 33.3. The first kappa shape index (κ1) is 36.5. The molecule has 2 aliphatic carbocycles. The number of carbonyl (C=O) groups is 4. The molecule has 56 heavy (non-hydrogen) atoms. The van der Waals surface area contributed by atoms with Crippen LogP contribution in [0.15, 0.2) is 72.3 Å². The summed E-state index contributed by atoms with van der Waals surface area (Å²) in [6.07, 6.45) is 2.36. The molecule has 11 nitrogen and oxygen atoms in total. The number of hydrogen-bond acceptors (Lipinski definition) is 9. The lowest BCUT2D eigenvalue weighted by molar-refractivity contribution is -0.131. The van der Waals surface area contributed by atoms with E-state index < -0.39 is 46.8 Å². The number of aryl methyl sites for hydroxylation is 2. The van der Waals surface area contributed by atoms with Crippen LogP contribution in [0.4, 0.5) is 11.5 Å². The van der Waals surface area contributed by atoms with Gasteiger partial charge in [0.25, 0.3) is 0 Å². The first-order valence-electron chi connectivity index (χ1n) is 18.2. The minimum Gasteiger partial charge on any atom is -0.508 e. The number of nitrogens with zero attached hydrogens (tertiary/aromatic N) is 4. The Morgan fingerprint density at radius 2 is 1.55 bits per heavy atom. The highest BCUT2D eigenvalue weighted by Gasteiger charge is 2.68. The van der Waals surface area contributed by atoms with E-state index in [1.54, 1.807) is 60.3 Å². The van der Waals surface area contributed by atoms with Gasteiger partial charge in [-0.25, -0.2) is 4.90 Å².